The Morgan fingerprint density at radius 2 is 1.47 bits per heavy atom. The first-order valence-electron chi connectivity index (χ1n) is 9.18. The van der Waals surface area contributed by atoms with Crippen molar-refractivity contribution in [1.29, 1.82) is 0 Å². The van der Waals surface area contributed by atoms with Gasteiger partial charge < -0.3 is 0 Å². The number of benzene rings is 3. The Hall–Kier alpha value is -2.61. The van der Waals surface area contributed by atoms with Crippen LogP contribution in [-0.2, 0) is 21.3 Å². The molecule has 0 atom stereocenters. The molecular weight excluding hydrogens is 438 g/mol. The molecule has 0 unspecified atom stereocenters. The lowest BCUT2D eigenvalue weighted by Gasteiger charge is -2.11. The molecule has 0 fully saturated rings. The predicted molar refractivity (Wildman–Crippen MR) is 120 cm³/mol. The predicted octanol–water partition coefficient (Wildman–Crippen LogP) is 5.19. The monoisotopic (exact) mass is 455 g/mol. The molecule has 0 spiro atoms. The molecular formula is C22H18ClN3O2S2. The highest BCUT2D eigenvalue weighted by Gasteiger charge is 2.22. The summed E-state index contributed by atoms with van der Waals surface area (Å²) in [5.74, 6) is 0.803. The van der Waals surface area contributed by atoms with Crippen LogP contribution in [0.2, 0.25) is 5.02 Å². The summed E-state index contributed by atoms with van der Waals surface area (Å²) in [6.45, 7) is 0. The van der Waals surface area contributed by atoms with Gasteiger partial charge >= 0.3 is 0 Å². The van der Waals surface area contributed by atoms with Gasteiger partial charge in [0.05, 0.1) is 4.90 Å². The Morgan fingerprint density at radius 3 is 2.13 bits per heavy atom. The van der Waals surface area contributed by atoms with E-state index in [1.54, 1.807) is 34.9 Å². The highest BCUT2D eigenvalue weighted by Crippen LogP contribution is 2.27. The lowest BCUT2D eigenvalue weighted by atomic mass is 10.2. The van der Waals surface area contributed by atoms with Crippen molar-refractivity contribution >= 4 is 33.2 Å². The molecule has 8 heteroatoms. The van der Waals surface area contributed by atoms with Crippen LogP contribution in [-0.4, -0.2) is 23.2 Å². The third-order valence-corrected chi connectivity index (χ3v) is 7.30. The highest BCUT2D eigenvalue weighted by atomic mass is 35.5. The molecule has 1 heterocycles. The zero-order valence-corrected chi connectivity index (χ0v) is 18.2. The lowest BCUT2D eigenvalue weighted by Crippen LogP contribution is -2.11. The third-order valence-electron chi connectivity index (χ3n) is 4.42. The number of thioether (sulfide) groups is 1. The van der Waals surface area contributed by atoms with Gasteiger partial charge in [-0.1, -0.05) is 71.9 Å². The second-order valence-corrected chi connectivity index (χ2v) is 9.93. The molecule has 1 aromatic heterocycles. The van der Waals surface area contributed by atoms with E-state index in [0.717, 1.165) is 11.3 Å². The minimum Gasteiger partial charge on any atom is -0.273 e. The molecule has 152 valence electrons. The second kappa shape index (κ2) is 9.04. The smallest absolute Gasteiger partial charge is 0.196 e. The minimum absolute atomic E-state index is 0.236. The summed E-state index contributed by atoms with van der Waals surface area (Å²) in [6, 6.07) is 25.5. The summed E-state index contributed by atoms with van der Waals surface area (Å²) in [4.78, 5) is 0.267. The average molecular weight is 456 g/mol. The quantitative estimate of drug-likeness (QED) is 0.359. The van der Waals surface area contributed by atoms with Crippen molar-refractivity contribution in [3.8, 4) is 5.69 Å². The number of hydrogen-bond donors (Lipinski definition) is 0. The maximum atomic E-state index is 12.9. The summed E-state index contributed by atoms with van der Waals surface area (Å²) >= 11 is 7.45. The molecule has 0 radical (unpaired) electrons. The van der Waals surface area contributed by atoms with Crippen LogP contribution < -0.4 is 0 Å². The van der Waals surface area contributed by atoms with Crippen molar-refractivity contribution in [3.05, 3.63) is 101 Å². The first-order chi connectivity index (χ1) is 14.5. The third kappa shape index (κ3) is 4.75. The maximum absolute atomic E-state index is 12.9. The van der Waals surface area contributed by atoms with E-state index in [9.17, 15) is 8.42 Å². The van der Waals surface area contributed by atoms with Crippen LogP contribution in [0.3, 0.4) is 0 Å². The van der Waals surface area contributed by atoms with Gasteiger partial charge in [-0.2, -0.15) is 0 Å². The van der Waals surface area contributed by atoms with Gasteiger partial charge in [0.15, 0.2) is 20.8 Å². The fraction of sp³-hybridized carbons (Fsp3) is 0.0909. The van der Waals surface area contributed by atoms with Crippen LogP contribution in [0.25, 0.3) is 5.69 Å². The molecule has 3 aromatic carbocycles. The SMILES string of the molecule is O=S(=O)(Cc1nnc(SCc2ccc(Cl)cc2)n1-c1ccccc1)c1ccccc1. The second-order valence-electron chi connectivity index (χ2n) is 6.56. The van der Waals surface area contributed by atoms with Crippen molar-refractivity contribution in [2.24, 2.45) is 0 Å². The van der Waals surface area contributed by atoms with Crippen LogP contribution in [0.5, 0.6) is 0 Å². The molecule has 0 saturated carbocycles. The molecule has 0 saturated heterocycles. The largest absolute Gasteiger partial charge is 0.273 e. The summed E-state index contributed by atoms with van der Waals surface area (Å²) in [5, 5.41) is 9.83. The van der Waals surface area contributed by atoms with Gasteiger partial charge in [0.25, 0.3) is 0 Å². The molecule has 0 bridgehead atoms. The van der Waals surface area contributed by atoms with Crippen LogP contribution in [0.15, 0.2) is 95.0 Å². The van der Waals surface area contributed by atoms with E-state index in [2.05, 4.69) is 10.2 Å². The normalized spacial score (nSPS) is 11.5. The Morgan fingerprint density at radius 1 is 0.833 bits per heavy atom. The van der Waals surface area contributed by atoms with E-state index in [-0.39, 0.29) is 10.6 Å². The zero-order chi connectivity index (χ0) is 21.0. The van der Waals surface area contributed by atoms with E-state index in [0.29, 0.717) is 21.8 Å². The van der Waals surface area contributed by atoms with Crippen LogP contribution in [0.1, 0.15) is 11.4 Å². The topological polar surface area (TPSA) is 64.8 Å². The molecule has 0 aliphatic carbocycles. The first kappa shape index (κ1) is 20.7. The summed E-state index contributed by atoms with van der Waals surface area (Å²) < 4.78 is 27.6. The molecule has 4 aromatic rings. The summed E-state index contributed by atoms with van der Waals surface area (Å²) in [6.07, 6.45) is 0. The van der Waals surface area contributed by atoms with Gasteiger partial charge in [-0.15, -0.1) is 10.2 Å². The van der Waals surface area contributed by atoms with Gasteiger partial charge in [0.2, 0.25) is 0 Å². The Bertz CT molecular complexity index is 1230. The molecule has 0 amide bonds. The number of para-hydroxylation sites is 1. The summed E-state index contributed by atoms with van der Waals surface area (Å²) in [7, 11) is -3.55. The van der Waals surface area contributed by atoms with Gasteiger partial charge in [0, 0.05) is 16.5 Å². The van der Waals surface area contributed by atoms with Gasteiger partial charge in [-0.3, -0.25) is 4.57 Å². The number of rotatable bonds is 7. The molecule has 5 nitrogen and oxygen atoms in total. The van der Waals surface area contributed by atoms with E-state index < -0.39 is 9.84 Å². The fourth-order valence-corrected chi connectivity index (χ4v) is 5.25. The van der Waals surface area contributed by atoms with Gasteiger partial charge in [0.1, 0.15) is 5.75 Å². The van der Waals surface area contributed by atoms with Gasteiger partial charge in [-0.05, 0) is 42.0 Å². The number of hydrogen-bond acceptors (Lipinski definition) is 5. The number of halogens is 1. The number of aromatic nitrogens is 3. The van der Waals surface area contributed by atoms with Crippen LogP contribution in [0.4, 0.5) is 0 Å². The van der Waals surface area contributed by atoms with E-state index >= 15 is 0 Å². The van der Waals surface area contributed by atoms with Crippen molar-refractivity contribution in [3.63, 3.8) is 0 Å². The van der Waals surface area contributed by atoms with Crippen molar-refractivity contribution in [2.45, 2.75) is 21.6 Å². The standard InChI is InChI=1S/C22H18ClN3O2S2/c23-18-13-11-17(12-14-18)15-29-22-25-24-21(26(22)19-7-3-1-4-8-19)16-30(27,28)20-9-5-2-6-10-20/h1-14H,15-16H2. The minimum atomic E-state index is -3.55. The van der Waals surface area contributed by atoms with Crippen molar-refractivity contribution in [1.82, 2.24) is 14.8 Å². The van der Waals surface area contributed by atoms with Crippen LogP contribution >= 0.6 is 23.4 Å². The molecule has 30 heavy (non-hydrogen) atoms. The molecule has 4 rings (SSSR count). The highest BCUT2D eigenvalue weighted by molar-refractivity contribution is 7.98. The lowest BCUT2D eigenvalue weighted by molar-refractivity contribution is 0.593. The zero-order valence-electron chi connectivity index (χ0n) is 15.8. The van der Waals surface area contributed by atoms with Gasteiger partial charge in [-0.25, -0.2) is 8.42 Å². The van der Waals surface area contributed by atoms with E-state index in [1.165, 1.54) is 11.8 Å². The number of nitrogens with zero attached hydrogens (tertiary/aromatic N) is 3. The Kier molecular flexibility index (Phi) is 6.22. The fourth-order valence-electron chi connectivity index (χ4n) is 2.93. The van der Waals surface area contributed by atoms with Crippen molar-refractivity contribution in [2.75, 3.05) is 0 Å². The van der Waals surface area contributed by atoms with E-state index in [4.69, 9.17) is 11.6 Å². The average Bonchev–Trinajstić information content (AvgIpc) is 3.16. The maximum Gasteiger partial charge on any atom is 0.196 e. The number of sulfone groups is 1. The van der Waals surface area contributed by atoms with Crippen LogP contribution in [0, 0.1) is 0 Å². The first-order valence-corrected chi connectivity index (χ1v) is 12.2. The molecule has 0 aliphatic heterocycles. The molecule has 0 aliphatic rings. The Labute approximate surface area is 184 Å². The molecule has 0 N–H and O–H groups in total. The Balaban J connectivity index is 1.66. The van der Waals surface area contributed by atoms with Crippen molar-refractivity contribution < 1.29 is 8.42 Å². The summed E-state index contributed by atoms with van der Waals surface area (Å²) in [5.41, 5.74) is 1.91. The van der Waals surface area contributed by atoms with E-state index in [1.807, 2.05) is 54.6 Å².